The maximum absolute atomic E-state index is 12.2. The Morgan fingerprint density at radius 2 is 1.53 bits per heavy atom. The zero-order valence-electron chi connectivity index (χ0n) is 21.6. The summed E-state index contributed by atoms with van der Waals surface area (Å²) < 4.78 is 11.7. The fraction of sp³-hybridized carbons (Fsp3) is 0.750. The van der Waals surface area contributed by atoms with Gasteiger partial charge in [-0.05, 0) is 65.4 Å². The molecule has 0 heterocycles. The van der Waals surface area contributed by atoms with Crippen molar-refractivity contribution in [2.24, 2.45) is 5.41 Å². The first-order valence-electron chi connectivity index (χ1n) is 11.6. The van der Waals surface area contributed by atoms with Crippen LogP contribution in [0.5, 0.6) is 0 Å². The summed E-state index contributed by atoms with van der Waals surface area (Å²) in [6.45, 7) is 9.44. The highest BCUT2D eigenvalue weighted by atomic mass is 32.2. The highest BCUT2D eigenvalue weighted by molar-refractivity contribution is 8.47. The monoisotopic (exact) mass is 608 g/mol. The van der Waals surface area contributed by atoms with Crippen LogP contribution in [0, 0.1) is 28.1 Å². The van der Waals surface area contributed by atoms with Crippen molar-refractivity contribution in [2.75, 3.05) is 30.5 Å². The fourth-order valence-corrected chi connectivity index (χ4v) is 7.40. The Morgan fingerprint density at radius 1 is 0.889 bits per heavy atom. The number of nitriles is 2. The van der Waals surface area contributed by atoms with Crippen molar-refractivity contribution in [1.82, 2.24) is 0 Å². The summed E-state index contributed by atoms with van der Waals surface area (Å²) in [6.07, 6.45) is 2.45. The van der Waals surface area contributed by atoms with E-state index < -0.39 is 16.3 Å². The lowest BCUT2D eigenvalue weighted by atomic mass is 10.00. The van der Waals surface area contributed by atoms with Gasteiger partial charge in [0, 0.05) is 18.6 Å². The van der Waals surface area contributed by atoms with E-state index in [-0.39, 0.29) is 25.0 Å². The van der Waals surface area contributed by atoms with Crippen LogP contribution >= 0.6 is 71.5 Å². The zero-order valence-corrected chi connectivity index (χ0v) is 26.5. The third-order valence-electron chi connectivity index (χ3n) is 4.41. The van der Waals surface area contributed by atoms with E-state index in [1.54, 1.807) is 18.7 Å². The molecule has 0 saturated carbocycles. The van der Waals surface area contributed by atoms with Gasteiger partial charge in [0.15, 0.2) is 5.78 Å². The molecule has 0 aliphatic carbocycles. The Labute approximate surface area is 244 Å². The van der Waals surface area contributed by atoms with Crippen LogP contribution in [0.4, 0.5) is 0 Å². The predicted molar refractivity (Wildman–Crippen MR) is 164 cm³/mol. The maximum atomic E-state index is 12.2. The topological polar surface area (TPSA) is 100 Å². The van der Waals surface area contributed by atoms with E-state index in [0.29, 0.717) is 25.0 Å². The summed E-state index contributed by atoms with van der Waals surface area (Å²) in [5.41, 5.74) is -0.409. The van der Waals surface area contributed by atoms with Crippen LogP contribution in [0.25, 0.3) is 0 Å². The number of ketones is 1. The first-order chi connectivity index (χ1) is 16.8. The van der Waals surface area contributed by atoms with Gasteiger partial charge in [0.1, 0.15) is 24.5 Å². The van der Waals surface area contributed by atoms with Gasteiger partial charge in [-0.3, -0.25) is 9.59 Å². The molecule has 0 fully saturated rings. The van der Waals surface area contributed by atoms with Crippen LogP contribution in [0.1, 0.15) is 66.7 Å². The number of hydrogen-bond donors (Lipinski definition) is 0. The van der Waals surface area contributed by atoms with Gasteiger partial charge in [-0.25, -0.2) is 0 Å². The van der Waals surface area contributed by atoms with Crippen LogP contribution in [0.2, 0.25) is 0 Å². The molecule has 0 amide bonds. The Morgan fingerprint density at radius 3 is 2.17 bits per heavy atom. The van der Waals surface area contributed by atoms with Crippen molar-refractivity contribution in [3.8, 4) is 12.1 Å². The molecule has 0 radical (unpaired) electrons. The minimum atomic E-state index is -0.537. The van der Waals surface area contributed by atoms with Crippen LogP contribution in [-0.2, 0) is 19.1 Å². The van der Waals surface area contributed by atoms with Crippen molar-refractivity contribution in [3.63, 3.8) is 0 Å². The normalized spacial score (nSPS) is 12.3. The summed E-state index contributed by atoms with van der Waals surface area (Å²) in [6, 6.07) is 4.46. The van der Waals surface area contributed by atoms with Gasteiger partial charge in [0.2, 0.25) is 0 Å². The third-order valence-corrected chi connectivity index (χ3v) is 10.4. The summed E-state index contributed by atoms with van der Waals surface area (Å²) >= 11 is 16.5. The molecule has 1 unspecified atom stereocenters. The number of Topliss-reactive ketones (excluding diaryl/α,β-unsaturated/α-hetero) is 1. The summed E-state index contributed by atoms with van der Waals surface area (Å²) in [7, 11) is 0. The SMILES string of the molecule is CC(OCCOC(=O)CCCSC(=S)SCC(C)(C)C#N)C(=O)CCCCSC(=S)SC(C)(C)C#N. The minimum Gasteiger partial charge on any atom is -0.463 e. The van der Waals surface area contributed by atoms with E-state index in [4.69, 9.17) is 44.4 Å². The molecule has 0 aliphatic heterocycles. The van der Waals surface area contributed by atoms with Gasteiger partial charge in [-0.15, -0.1) is 35.3 Å². The number of unbranched alkanes of at least 4 members (excludes halogenated alkanes) is 1. The molecular weight excluding hydrogens is 573 g/mol. The van der Waals surface area contributed by atoms with Crippen LogP contribution in [0.3, 0.4) is 0 Å². The lowest BCUT2D eigenvalue weighted by molar-refractivity contribution is -0.146. The van der Waals surface area contributed by atoms with Crippen molar-refractivity contribution < 1.29 is 19.1 Å². The lowest BCUT2D eigenvalue weighted by Crippen LogP contribution is -2.23. The molecule has 0 saturated heterocycles. The van der Waals surface area contributed by atoms with E-state index >= 15 is 0 Å². The molecule has 0 rings (SSSR count). The standard InChI is InChI=1S/C24H36N2O4S6/c1-18(19(27)9-6-7-13-34-22(32)36-24(4,5)16-26)29-11-12-30-20(28)10-8-14-33-21(31)35-17-23(2,3)15-25/h18H,6-14,17H2,1-5H3. The molecule has 202 valence electrons. The highest BCUT2D eigenvalue weighted by Gasteiger charge is 2.20. The Hall–Kier alpha value is -0.340. The predicted octanol–water partition coefficient (Wildman–Crippen LogP) is 6.81. The van der Waals surface area contributed by atoms with Gasteiger partial charge in [0.05, 0.1) is 24.2 Å². The first-order valence-corrected chi connectivity index (χ1v) is 16.2. The fourth-order valence-electron chi connectivity index (χ4n) is 2.25. The Balaban J connectivity index is 3.79. The van der Waals surface area contributed by atoms with Gasteiger partial charge in [-0.1, -0.05) is 36.2 Å². The molecule has 6 nitrogen and oxygen atoms in total. The van der Waals surface area contributed by atoms with Crippen molar-refractivity contribution in [2.45, 2.75) is 77.6 Å². The largest absolute Gasteiger partial charge is 0.463 e. The van der Waals surface area contributed by atoms with Gasteiger partial charge >= 0.3 is 5.97 Å². The second-order valence-corrected chi connectivity index (χ2v) is 16.2. The van der Waals surface area contributed by atoms with Gasteiger partial charge < -0.3 is 9.47 Å². The van der Waals surface area contributed by atoms with Crippen molar-refractivity contribution >= 4 is 90.3 Å². The molecule has 0 bridgehead atoms. The third kappa shape index (κ3) is 19.7. The molecule has 0 aliphatic rings. The number of rotatable bonds is 17. The molecule has 0 aromatic carbocycles. The maximum Gasteiger partial charge on any atom is 0.305 e. The Bertz CT molecular complexity index is 820. The van der Waals surface area contributed by atoms with Crippen molar-refractivity contribution in [3.05, 3.63) is 0 Å². The number of thiocarbonyl (C=S) groups is 2. The van der Waals surface area contributed by atoms with Crippen LogP contribution in [-0.4, -0.2) is 60.1 Å². The summed E-state index contributed by atoms with van der Waals surface area (Å²) in [4.78, 5) is 24.1. The van der Waals surface area contributed by atoms with Crippen molar-refractivity contribution in [1.29, 1.82) is 10.5 Å². The molecular formula is C24H36N2O4S6. The number of esters is 1. The zero-order chi connectivity index (χ0) is 27.6. The molecule has 1 atom stereocenters. The molecule has 0 aromatic heterocycles. The number of nitrogens with zero attached hydrogens (tertiary/aromatic N) is 2. The average molecular weight is 609 g/mol. The smallest absolute Gasteiger partial charge is 0.305 e. The average Bonchev–Trinajstić information content (AvgIpc) is 2.82. The number of ether oxygens (including phenoxy) is 2. The van der Waals surface area contributed by atoms with E-state index in [2.05, 4.69) is 12.1 Å². The van der Waals surface area contributed by atoms with Gasteiger partial charge in [0.25, 0.3) is 0 Å². The quantitative estimate of drug-likeness (QED) is 0.0985. The van der Waals surface area contributed by atoms with E-state index in [0.717, 1.165) is 31.4 Å². The van der Waals surface area contributed by atoms with Crippen LogP contribution < -0.4 is 0 Å². The molecule has 0 aromatic rings. The molecule has 0 N–H and O–H groups in total. The minimum absolute atomic E-state index is 0.0258. The van der Waals surface area contributed by atoms with E-state index in [1.807, 2.05) is 27.7 Å². The van der Waals surface area contributed by atoms with E-state index in [9.17, 15) is 9.59 Å². The number of hydrogen-bond acceptors (Lipinski definition) is 12. The number of carbonyl (C=O) groups is 2. The van der Waals surface area contributed by atoms with Crippen LogP contribution in [0.15, 0.2) is 0 Å². The molecule has 0 spiro atoms. The van der Waals surface area contributed by atoms with Gasteiger partial charge in [-0.2, -0.15) is 10.5 Å². The highest BCUT2D eigenvalue weighted by Crippen LogP contribution is 2.30. The Kier molecular flexibility index (Phi) is 19.5. The second kappa shape index (κ2) is 19.7. The number of thioether (sulfide) groups is 4. The summed E-state index contributed by atoms with van der Waals surface area (Å²) in [5, 5.41) is 18.1. The first kappa shape index (κ1) is 35.7. The summed E-state index contributed by atoms with van der Waals surface area (Å²) in [5.74, 6) is 1.91. The number of carbonyl (C=O) groups excluding carboxylic acids is 2. The molecule has 12 heteroatoms. The lowest BCUT2D eigenvalue weighted by Gasteiger charge is -2.14. The van der Waals surface area contributed by atoms with E-state index in [1.165, 1.54) is 35.3 Å². The second-order valence-electron chi connectivity index (χ2n) is 8.97. The molecule has 36 heavy (non-hydrogen) atoms.